The Morgan fingerprint density at radius 2 is 1.72 bits per heavy atom. The second-order valence-electron chi connectivity index (χ2n) is 13.5. The van der Waals surface area contributed by atoms with Gasteiger partial charge in [0.2, 0.25) is 0 Å². The summed E-state index contributed by atoms with van der Waals surface area (Å²) in [5, 5.41) is 21.1. The fourth-order valence-electron chi connectivity index (χ4n) is 9.54. The maximum Gasteiger partial charge on any atom is 0.335 e. The van der Waals surface area contributed by atoms with E-state index in [-0.39, 0.29) is 46.8 Å². The number of carboxylic acid groups (broad SMARTS) is 1. The fourth-order valence-corrected chi connectivity index (χ4v) is 9.54. The first-order valence-corrected chi connectivity index (χ1v) is 15.3. The van der Waals surface area contributed by atoms with Crippen molar-refractivity contribution in [3.05, 3.63) is 34.4 Å². The van der Waals surface area contributed by atoms with Crippen LogP contribution in [0.3, 0.4) is 0 Å². The molecule has 0 unspecified atom stereocenters. The lowest BCUT2D eigenvalue weighted by molar-refractivity contribution is -0.207. The average molecular weight is 543 g/mol. The van der Waals surface area contributed by atoms with Gasteiger partial charge in [0.25, 0.3) is 0 Å². The average Bonchev–Trinajstić information content (AvgIpc) is 3.18. The molecule has 0 bridgehead atoms. The molecular formula is C32H46O7. The first kappa shape index (κ1) is 28.4. The van der Waals surface area contributed by atoms with Gasteiger partial charge in [-0.15, -0.1) is 0 Å². The Morgan fingerprint density at radius 1 is 0.949 bits per heavy atom. The van der Waals surface area contributed by atoms with Gasteiger partial charge in [0.1, 0.15) is 6.10 Å². The third-order valence-electron chi connectivity index (χ3n) is 11.7. The summed E-state index contributed by atoms with van der Waals surface area (Å²) in [5.74, 6) is 0.579. The first-order chi connectivity index (χ1) is 18.6. The minimum atomic E-state index is -0.764. The number of rotatable bonds is 9. The third-order valence-corrected chi connectivity index (χ3v) is 11.7. The van der Waals surface area contributed by atoms with E-state index in [1.54, 1.807) is 6.26 Å². The number of carbonyl (C=O) groups is 2. The number of hydrogen-bond acceptors (Lipinski definition) is 6. The normalized spacial score (nSPS) is 39.3. The molecule has 0 aliphatic heterocycles. The van der Waals surface area contributed by atoms with Crippen LogP contribution in [-0.2, 0) is 14.3 Å². The second-order valence-corrected chi connectivity index (χ2v) is 13.5. The predicted molar refractivity (Wildman–Crippen MR) is 146 cm³/mol. The first-order valence-electron chi connectivity index (χ1n) is 15.3. The SMILES string of the molecule is C[C@]12CC[C@H](OC(=O)CCCCCCC(=O)O)C[C@H]1CC[C@@H]1[C@@H]2CC[C@]2(C)[C@@H](c3ccc(=O)oc3)CC[C@]12O. The molecule has 0 aromatic carbocycles. The van der Waals surface area contributed by atoms with Crippen molar-refractivity contribution in [2.75, 3.05) is 0 Å². The summed E-state index contributed by atoms with van der Waals surface area (Å²) in [4.78, 5) is 34.7. The van der Waals surface area contributed by atoms with Gasteiger partial charge in [0, 0.05) is 24.3 Å². The van der Waals surface area contributed by atoms with E-state index in [1.807, 2.05) is 6.07 Å². The van der Waals surface area contributed by atoms with E-state index < -0.39 is 11.6 Å². The molecule has 4 aliphatic carbocycles. The number of esters is 1. The summed E-state index contributed by atoms with van der Waals surface area (Å²) >= 11 is 0. The number of aliphatic carboxylic acids is 1. The van der Waals surface area contributed by atoms with Gasteiger partial charge in [-0.2, -0.15) is 0 Å². The van der Waals surface area contributed by atoms with Crippen molar-refractivity contribution in [2.45, 2.75) is 128 Å². The van der Waals surface area contributed by atoms with Crippen molar-refractivity contribution in [1.82, 2.24) is 0 Å². The zero-order valence-electron chi connectivity index (χ0n) is 23.7. The summed E-state index contributed by atoms with van der Waals surface area (Å²) in [5.41, 5.74) is -0.0730. The molecule has 0 amide bonds. The van der Waals surface area contributed by atoms with E-state index >= 15 is 0 Å². The third kappa shape index (κ3) is 5.20. The Hall–Kier alpha value is -2.15. The second kappa shape index (κ2) is 11.0. The van der Waals surface area contributed by atoms with E-state index in [1.165, 1.54) is 6.07 Å². The lowest BCUT2D eigenvalue weighted by atomic mass is 9.43. The Bertz CT molecular complexity index is 1090. The number of carbonyl (C=O) groups excluding carboxylic acids is 1. The van der Waals surface area contributed by atoms with Crippen molar-refractivity contribution in [1.29, 1.82) is 0 Å². The Labute approximate surface area is 231 Å². The van der Waals surface area contributed by atoms with E-state index in [0.717, 1.165) is 82.6 Å². The van der Waals surface area contributed by atoms with Gasteiger partial charge < -0.3 is 19.4 Å². The van der Waals surface area contributed by atoms with Crippen LogP contribution in [0.4, 0.5) is 0 Å². The van der Waals surface area contributed by atoms with Crippen LogP contribution in [0.25, 0.3) is 0 Å². The molecule has 0 spiro atoms. The standard InChI is InChI=1S/C32H46O7/c1-30-16-13-23(39-29(36)8-6-4-3-5-7-27(33)34)19-22(30)10-11-26-25(30)14-17-31(2)24(15-18-32(26,31)37)21-9-12-28(35)38-20-21/h9,12,20,22-26,37H,3-8,10-11,13-19H2,1-2H3,(H,33,34)/t22-,23+,24-,25+,26-,30+,31-,32+/m1/s1. The van der Waals surface area contributed by atoms with Gasteiger partial charge in [0.15, 0.2) is 0 Å². The van der Waals surface area contributed by atoms with Crippen LogP contribution in [0, 0.1) is 28.6 Å². The molecule has 2 N–H and O–H groups in total. The molecule has 1 heterocycles. The molecular weight excluding hydrogens is 496 g/mol. The number of aliphatic hydroxyl groups is 1. The highest BCUT2D eigenvalue weighted by atomic mass is 16.5. The van der Waals surface area contributed by atoms with Crippen LogP contribution in [-0.4, -0.2) is 33.9 Å². The lowest BCUT2D eigenvalue weighted by Gasteiger charge is -2.63. The molecule has 39 heavy (non-hydrogen) atoms. The van der Waals surface area contributed by atoms with Crippen LogP contribution in [0.2, 0.25) is 0 Å². The Kier molecular flexibility index (Phi) is 8.02. The lowest BCUT2D eigenvalue weighted by Crippen LogP contribution is -2.62. The maximum atomic E-state index is 12.5. The number of carboxylic acids is 1. The van der Waals surface area contributed by atoms with E-state index in [0.29, 0.717) is 24.7 Å². The largest absolute Gasteiger partial charge is 0.481 e. The molecule has 0 radical (unpaired) electrons. The van der Waals surface area contributed by atoms with Gasteiger partial charge in [0.05, 0.1) is 11.9 Å². The highest BCUT2D eigenvalue weighted by Gasteiger charge is 2.67. The monoisotopic (exact) mass is 542 g/mol. The number of ether oxygens (including phenoxy) is 1. The predicted octanol–water partition coefficient (Wildman–Crippen LogP) is 6.22. The quantitative estimate of drug-likeness (QED) is 0.281. The van der Waals surface area contributed by atoms with Gasteiger partial charge in [-0.25, -0.2) is 4.79 Å². The van der Waals surface area contributed by atoms with Crippen LogP contribution >= 0.6 is 0 Å². The Balaban J connectivity index is 1.18. The molecule has 5 rings (SSSR count). The van der Waals surface area contributed by atoms with Crippen molar-refractivity contribution < 1.29 is 29.0 Å². The van der Waals surface area contributed by atoms with Gasteiger partial charge in [-0.3, -0.25) is 9.59 Å². The van der Waals surface area contributed by atoms with Crippen LogP contribution in [0.15, 0.2) is 27.6 Å². The van der Waals surface area contributed by atoms with Crippen molar-refractivity contribution in [3.8, 4) is 0 Å². The number of hydrogen-bond donors (Lipinski definition) is 2. The molecule has 8 atom stereocenters. The summed E-state index contributed by atoms with van der Waals surface area (Å²) < 4.78 is 11.1. The van der Waals surface area contributed by atoms with E-state index in [2.05, 4.69) is 13.8 Å². The van der Waals surface area contributed by atoms with Crippen molar-refractivity contribution >= 4 is 11.9 Å². The highest BCUT2D eigenvalue weighted by molar-refractivity contribution is 5.69. The van der Waals surface area contributed by atoms with Crippen LogP contribution < -0.4 is 5.63 Å². The van der Waals surface area contributed by atoms with Gasteiger partial charge in [-0.1, -0.05) is 26.7 Å². The summed E-state index contributed by atoms with van der Waals surface area (Å²) in [6, 6.07) is 3.39. The molecule has 0 saturated heterocycles. The van der Waals surface area contributed by atoms with Crippen LogP contribution in [0.1, 0.15) is 122 Å². The van der Waals surface area contributed by atoms with Gasteiger partial charge >= 0.3 is 17.6 Å². The Morgan fingerprint density at radius 3 is 2.44 bits per heavy atom. The molecule has 4 saturated carbocycles. The van der Waals surface area contributed by atoms with Crippen molar-refractivity contribution in [3.63, 3.8) is 0 Å². The molecule has 216 valence electrons. The molecule has 7 heteroatoms. The smallest absolute Gasteiger partial charge is 0.335 e. The highest BCUT2D eigenvalue weighted by Crippen LogP contribution is 2.70. The van der Waals surface area contributed by atoms with E-state index in [9.17, 15) is 19.5 Å². The fraction of sp³-hybridized carbons (Fsp3) is 0.781. The zero-order valence-corrected chi connectivity index (χ0v) is 23.7. The van der Waals surface area contributed by atoms with Gasteiger partial charge in [-0.05, 0) is 111 Å². The molecule has 1 aromatic heterocycles. The molecule has 7 nitrogen and oxygen atoms in total. The van der Waals surface area contributed by atoms with Crippen molar-refractivity contribution in [2.24, 2.45) is 28.6 Å². The maximum absolute atomic E-state index is 12.5. The summed E-state index contributed by atoms with van der Waals surface area (Å²) in [6.45, 7) is 4.71. The number of fused-ring (bicyclic) bond motifs is 5. The topological polar surface area (TPSA) is 114 Å². The zero-order chi connectivity index (χ0) is 27.8. The van der Waals surface area contributed by atoms with E-state index in [4.69, 9.17) is 14.3 Å². The van der Waals surface area contributed by atoms with Crippen LogP contribution in [0.5, 0.6) is 0 Å². The molecule has 4 fully saturated rings. The molecule has 4 aliphatic rings. The molecule has 1 aromatic rings. The minimum absolute atomic E-state index is 0.0142. The number of unbranched alkanes of at least 4 members (excludes halogenated alkanes) is 3. The minimum Gasteiger partial charge on any atom is -0.481 e. The summed E-state index contributed by atoms with van der Waals surface area (Å²) in [6.07, 6.45) is 14.0. The summed E-state index contributed by atoms with van der Waals surface area (Å²) in [7, 11) is 0.